The Labute approximate surface area is 209 Å². The minimum atomic E-state index is -3.87. The lowest BCUT2D eigenvalue weighted by molar-refractivity contribution is 0.0697. The van der Waals surface area contributed by atoms with Gasteiger partial charge in [-0.25, -0.2) is 13.2 Å². The van der Waals surface area contributed by atoms with E-state index < -0.39 is 16.0 Å². The molecule has 2 fully saturated rings. The lowest BCUT2D eigenvalue weighted by Gasteiger charge is -2.37. The number of carboxylic acids is 1. The number of hydrogen-bond donors (Lipinski definition) is 2. The Balaban J connectivity index is 1.57. The average molecular weight is 500 g/mol. The number of rotatable bonds is 9. The minimum absolute atomic E-state index is 0.0596. The summed E-state index contributed by atoms with van der Waals surface area (Å²) >= 11 is 0. The summed E-state index contributed by atoms with van der Waals surface area (Å²) in [6, 6.07) is 11.7. The standard InChI is InChI=1S/C27H37N3O4S/c1-20(2)16-21-7-10-24(11-8-21)35(33,34)28-25-17-23(27(31)32)9-12-26(25)30-15-5-6-22(19-30)18-29-13-3-4-14-29/h7-12,17,20,22,28H,3-6,13-16,18-19H2,1-2H3,(H,31,32)/t22-/m0/s1. The van der Waals surface area contributed by atoms with Gasteiger partial charge in [-0.05, 0) is 92.9 Å². The van der Waals surface area contributed by atoms with Crippen molar-refractivity contribution >= 4 is 27.4 Å². The van der Waals surface area contributed by atoms with E-state index in [0.29, 0.717) is 17.5 Å². The molecule has 2 saturated heterocycles. The SMILES string of the molecule is CC(C)Cc1ccc(S(=O)(=O)Nc2cc(C(=O)O)ccc2N2CCC[C@@H](CN3CCCC3)C2)cc1. The third-order valence-electron chi connectivity index (χ3n) is 6.94. The van der Waals surface area contributed by atoms with E-state index in [0.717, 1.165) is 63.2 Å². The van der Waals surface area contributed by atoms with E-state index in [9.17, 15) is 18.3 Å². The number of piperidine rings is 1. The van der Waals surface area contributed by atoms with Crippen LogP contribution in [0.15, 0.2) is 47.4 Å². The second kappa shape index (κ2) is 11.0. The maximum Gasteiger partial charge on any atom is 0.335 e. The summed E-state index contributed by atoms with van der Waals surface area (Å²) in [6.45, 7) is 9.28. The maximum atomic E-state index is 13.3. The van der Waals surface area contributed by atoms with Crippen molar-refractivity contribution in [1.82, 2.24) is 4.90 Å². The van der Waals surface area contributed by atoms with Crippen LogP contribution in [0.1, 0.15) is 55.5 Å². The van der Waals surface area contributed by atoms with Crippen LogP contribution < -0.4 is 9.62 Å². The van der Waals surface area contributed by atoms with Gasteiger partial charge in [-0.15, -0.1) is 0 Å². The topological polar surface area (TPSA) is 89.9 Å². The summed E-state index contributed by atoms with van der Waals surface area (Å²) in [5.74, 6) is -0.0877. The number of benzene rings is 2. The van der Waals surface area contributed by atoms with E-state index >= 15 is 0 Å². The first-order valence-corrected chi connectivity index (χ1v) is 14.2. The van der Waals surface area contributed by atoms with Gasteiger partial charge in [-0.3, -0.25) is 4.72 Å². The minimum Gasteiger partial charge on any atom is -0.478 e. The Hall–Kier alpha value is -2.58. The second-order valence-corrected chi connectivity index (χ2v) is 12.0. The van der Waals surface area contributed by atoms with E-state index in [1.165, 1.54) is 18.9 Å². The van der Waals surface area contributed by atoms with E-state index in [-0.39, 0.29) is 10.5 Å². The fourth-order valence-corrected chi connectivity index (χ4v) is 6.33. The molecule has 4 rings (SSSR count). The summed E-state index contributed by atoms with van der Waals surface area (Å²) < 4.78 is 29.2. The van der Waals surface area contributed by atoms with Gasteiger partial charge >= 0.3 is 5.97 Å². The summed E-state index contributed by atoms with van der Waals surface area (Å²) in [6.07, 6.45) is 5.59. The highest BCUT2D eigenvalue weighted by Crippen LogP contribution is 2.33. The fraction of sp³-hybridized carbons (Fsp3) is 0.519. The lowest BCUT2D eigenvalue weighted by Crippen LogP contribution is -2.40. The van der Waals surface area contributed by atoms with Crippen LogP contribution in [-0.4, -0.2) is 57.1 Å². The number of nitrogens with zero attached hydrogens (tertiary/aromatic N) is 2. The monoisotopic (exact) mass is 499 g/mol. The number of sulfonamides is 1. The first-order chi connectivity index (χ1) is 16.7. The molecule has 1 atom stereocenters. The highest BCUT2D eigenvalue weighted by molar-refractivity contribution is 7.92. The van der Waals surface area contributed by atoms with Crippen LogP contribution in [0.5, 0.6) is 0 Å². The van der Waals surface area contributed by atoms with Crippen LogP contribution in [0.2, 0.25) is 0 Å². The molecule has 0 aliphatic carbocycles. The van der Waals surface area contributed by atoms with Gasteiger partial charge in [0.2, 0.25) is 0 Å². The average Bonchev–Trinajstić information content (AvgIpc) is 3.32. The molecule has 0 saturated carbocycles. The smallest absolute Gasteiger partial charge is 0.335 e. The zero-order valence-corrected chi connectivity index (χ0v) is 21.6. The number of hydrogen-bond acceptors (Lipinski definition) is 5. The maximum absolute atomic E-state index is 13.3. The van der Waals surface area contributed by atoms with Crippen molar-refractivity contribution in [2.45, 2.75) is 50.8 Å². The Kier molecular flexibility index (Phi) is 8.02. The van der Waals surface area contributed by atoms with Gasteiger partial charge in [0.15, 0.2) is 0 Å². The predicted octanol–water partition coefficient (Wildman–Crippen LogP) is 4.70. The largest absolute Gasteiger partial charge is 0.478 e. The molecule has 2 aliphatic heterocycles. The van der Waals surface area contributed by atoms with Crippen molar-refractivity contribution < 1.29 is 18.3 Å². The number of anilines is 2. The first kappa shape index (κ1) is 25.5. The molecule has 0 amide bonds. The molecule has 2 aliphatic rings. The third kappa shape index (κ3) is 6.55. The van der Waals surface area contributed by atoms with E-state index in [2.05, 4.69) is 28.4 Å². The molecule has 7 nitrogen and oxygen atoms in total. The Bertz CT molecular complexity index is 1130. The Morgan fingerprint density at radius 1 is 1.06 bits per heavy atom. The van der Waals surface area contributed by atoms with Crippen molar-refractivity contribution in [2.75, 3.05) is 42.3 Å². The predicted molar refractivity (Wildman–Crippen MR) is 140 cm³/mol. The molecule has 0 bridgehead atoms. The van der Waals surface area contributed by atoms with Crippen LogP contribution in [0.4, 0.5) is 11.4 Å². The van der Waals surface area contributed by atoms with Gasteiger partial charge in [0.05, 0.1) is 21.8 Å². The molecule has 0 aromatic heterocycles. The number of carbonyl (C=O) groups is 1. The molecule has 35 heavy (non-hydrogen) atoms. The van der Waals surface area contributed by atoms with Crippen LogP contribution >= 0.6 is 0 Å². The molecule has 2 aromatic rings. The van der Waals surface area contributed by atoms with Gasteiger partial charge in [0.1, 0.15) is 0 Å². The molecule has 2 heterocycles. The summed E-state index contributed by atoms with van der Waals surface area (Å²) in [4.78, 5) is 16.5. The molecule has 2 aromatic carbocycles. The van der Waals surface area contributed by atoms with Gasteiger partial charge in [-0.2, -0.15) is 0 Å². The van der Waals surface area contributed by atoms with Gasteiger partial charge in [0.25, 0.3) is 10.0 Å². The van der Waals surface area contributed by atoms with Crippen LogP contribution in [0.3, 0.4) is 0 Å². The number of carboxylic acid groups (broad SMARTS) is 1. The first-order valence-electron chi connectivity index (χ1n) is 12.7. The molecular formula is C27H37N3O4S. The Morgan fingerprint density at radius 3 is 2.43 bits per heavy atom. The van der Waals surface area contributed by atoms with Crippen molar-refractivity contribution in [1.29, 1.82) is 0 Å². The van der Waals surface area contributed by atoms with Crippen LogP contribution in [0, 0.1) is 11.8 Å². The number of aromatic carboxylic acids is 1. The highest BCUT2D eigenvalue weighted by atomic mass is 32.2. The van der Waals surface area contributed by atoms with Crippen LogP contribution in [0.25, 0.3) is 0 Å². The molecule has 8 heteroatoms. The van der Waals surface area contributed by atoms with E-state index in [1.54, 1.807) is 24.3 Å². The highest BCUT2D eigenvalue weighted by Gasteiger charge is 2.26. The number of nitrogens with one attached hydrogen (secondary N) is 1. The summed E-state index contributed by atoms with van der Waals surface area (Å²) in [5.41, 5.74) is 2.20. The van der Waals surface area contributed by atoms with Gasteiger partial charge in [0, 0.05) is 19.6 Å². The molecule has 0 spiro atoms. The van der Waals surface area contributed by atoms with E-state index in [1.807, 2.05) is 12.1 Å². The molecule has 190 valence electrons. The van der Waals surface area contributed by atoms with Gasteiger partial charge < -0.3 is 14.9 Å². The van der Waals surface area contributed by atoms with Crippen LogP contribution in [-0.2, 0) is 16.4 Å². The van der Waals surface area contributed by atoms with E-state index in [4.69, 9.17) is 0 Å². The van der Waals surface area contributed by atoms with Crippen molar-refractivity contribution in [2.24, 2.45) is 11.8 Å². The normalized spacial score (nSPS) is 19.3. The quantitative estimate of drug-likeness (QED) is 0.520. The molecule has 0 unspecified atom stereocenters. The second-order valence-electron chi connectivity index (χ2n) is 10.3. The Morgan fingerprint density at radius 2 is 1.77 bits per heavy atom. The van der Waals surface area contributed by atoms with Crippen molar-refractivity contribution in [3.05, 3.63) is 53.6 Å². The third-order valence-corrected chi connectivity index (χ3v) is 8.32. The van der Waals surface area contributed by atoms with Crippen molar-refractivity contribution in [3.63, 3.8) is 0 Å². The number of likely N-dealkylation sites (tertiary alicyclic amines) is 1. The zero-order valence-electron chi connectivity index (χ0n) is 20.7. The lowest BCUT2D eigenvalue weighted by atomic mass is 9.96. The van der Waals surface area contributed by atoms with Crippen molar-refractivity contribution in [3.8, 4) is 0 Å². The summed E-state index contributed by atoms with van der Waals surface area (Å²) in [7, 11) is -3.87. The van der Waals surface area contributed by atoms with Gasteiger partial charge in [-0.1, -0.05) is 26.0 Å². The molecule has 0 radical (unpaired) electrons. The molecule has 2 N–H and O–H groups in total. The molecular weight excluding hydrogens is 462 g/mol. The fourth-order valence-electron chi connectivity index (χ4n) is 5.27. The zero-order chi connectivity index (χ0) is 25.0. The summed E-state index contributed by atoms with van der Waals surface area (Å²) in [5, 5.41) is 9.53.